The van der Waals surface area contributed by atoms with Gasteiger partial charge in [-0.3, -0.25) is 24.7 Å². The van der Waals surface area contributed by atoms with Gasteiger partial charge in [0.15, 0.2) is 0 Å². The molecule has 1 aromatic carbocycles. The van der Waals surface area contributed by atoms with Crippen LogP contribution in [0.15, 0.2) is 48.8 Å². The van der Waals surface area contributed by atoms with Crippen LogP contribution in [0.3, 0.4) is 0 Å². The summed E-state index contributed by atoms with van der Waals surface area (Å²) in [4.78, 5) is 41.2. The van der Waals surface area contributed by atoms with Crippen LogP contribution in [0.25, 0.3) is 0 Å². The molecule has 2 heterocycles. The number of amides is 2. The van der Waals surface area contributed by atoms with E-state index in [2.05, 4.69) is 15.6 Å². The fourth-order valence-electron chi connectivity index (χ4n) is 3.47. The quantitative estimate of drug-likeness (QED) is 0.509. The normalized spacial score (nSPS) is 14.2. The number of benzene rings is 1. The van der Waals surface area contributed by atoms with Crippen molar-refractivity contribution in [1.29, 1.82) is 0 Å². The zero-order valence-electron chi connectivity index (χ0n) is 16.6. The molecule has 1 aromatic heterocycles. The Balaban J connectivity index is 1.39. The van der Waals surface area contributed by atoms with Gasteiger partial charge in [-0.25, -0.2) is 0 Å². The standard InChI is InChI=1S/C21H25N5O4/c27-20(7-11-23-18-5-1-2-6-19(18)26(29)30)25-12-8-17(9-13-25)21(28)24-15-16-4-3-10-22-14-16/h1-6,10,14,17,23H,7-9,11-13,15H2,(H,24,28). The minimum absolute atomic E-state index is 0.00371. The third kappa shape index (κ3) is 5.76. The number of hydrogen-bond donors (Lipinski definition) is 2. The lowest BCUT2D eigenvalue weighted by molar-refractivity contribution is -0.384. The van der Waals surface area contributed by atoms with Crippen LogP contribution < -0.4 is 10.6 Å². The van der Waals surface area contributed by atoms with Gasteiger partial charge in [0.2, 0.25) is 11.8 Å². The van der Waals surface area contributed by atoms with Crippen molar-refractivity contribution in [3.63, 3.8) is 0 Å². The SMILES string of the molecule is O=C(NCc1cccnc1)C1CCN(C(=O)CCNc2ccccc2[N+](=O)[O-])CC1. The van der Waals surface area contributed by atoms with Crippen LogP contribution in [0, 0.1) is 16.0 Å². The Hall–Kier alpha value is -3.49. The highest BCUT2D eigenvalue weighted by Gasteiger charge is 2.27. The van der Waals surface area contributed by atoms with Gasteiger partial charge in [-0.1, -0.05) is 18.2 Å². The highest BCUT2D eigenvalue weighted by atomic mass is 16.6. The van der Waals surface area contributed by atoms with E-state index in [0.717, 1.165) is 5.56 Å². The number of carbonyl (C=O) groups excluding carboxylic acids is 2. The van der Waals surface area contributed by atoms with E-state index in [4.69, 9.17) is 0 Å². The van der Waals surface area contributed by atoms with E-state index < -0.39 is 4.92 Å². The molecule has 0 bridgehead atoms. The van der Waals surface area contributed by atoms with Crippen LogP contribution in [0.4, 0.5) is 11.4 Å². The second-order valence-electron chi connectivity index (χ2n) is 7.19. The Morgan fingerprint density at radius 3 is 2.63 bits per heavy atom. The first kappa shape index (κ1) is 21.2. The van der Waals surface area contributed by atoms with E-state index in [0.29, 0.717) is 44.7 Å². The summed E-state index contributed by atoms with van der Waals surface area (Å²) < 4.78 is 0. The van der Waals surface area contributed by atoms with E-state index >= 15 is 0 Å². The highest BCUT2D eigenvalue weighted by Crippen LogP contribution is 2.23. The number of pyridine rings is 1. The van der Waals surface area contributed by atoms with Crippen molar-refractivity contribution >= 4 is 23.2 Å². The summed E-state index contributed by atoms with van der Waals surface area (Å²) in [6, 6.07) is 10.1. The van der Waals surface area contributed by atoms with E-state index in [1.54, 1.807) is 35.5 Å². The molecule has 1 aliphatic rings. The summed E-state index contributed by atoms with van der Waals surface area (Å²) in [6.07, 6.45) is 4.91. The molecule has 0 saturated carbocycles. The van der Waals surface area contributed by atoms with Crippen molar-refractivity contribution < 1.29 is 14.5 Å². The zero-order chi connectivity index (χ0) is 21.3. The number of carbonyl (C=O) groups is 2. The summed E-state index contributed by atoms with van der Waals surface area (Å²) in [6.45, 7) is 1.84. The van der Waals surface area contributed by atoms with Crippen LogP contribution in [-0.2, 0) is 16.1 Å². The second kappa shape index (κ2) is 10.3. The van der Waals surface area contributed by atoms with Crippen molar-refractivity contribution in [3.05, 3.63) is 64.5 Å². The summed E-state index contributed by atoms with van der Waals surface area (Å²) in [5.41, 5.74) is 1.34. The van der Waals surface area contributed by atoms with E-state index in [9.17, 15) is 19.7 Å². The molecule has 2 amide bonds. The van der Waals surface area contributed by atoms with Crippen molar-refractivity contribution in [2.24, 2.45) is 5.92 Å². The number of nitro benzene ring substituents is 1. The van der Waals surface area contributed by atoms with Gasteiger partial charge in [0.1, 0.15) is 5.69 Å². The fraction of sp³-hybridized carbons (Fsp3) is 0.381. The third-order valence-electron chi connectivity index (χ3n) is 5.16. The van der Waals surface area contributed by atoms with Crippen LogP contribution in [-0.4, -0.2) is 46.3 Å². The minimum Gasteiger partial charge on any atom is -0.379 e. The predicted octanol–water partition coefficient (Wildman–Crippen LogP) is 2.35. The maximum atomic E-state index is 12.4. The summed E-state index contributed by atoms with van der Waals surface area (Å²) >= 11 is 0. The number of nitro groups is 1. The summed E-state index contributed by atoms with van der Waals surface area (Å²) in [7, 11) is 0. The molecule has 3 rings (SSSR count). The molecule has 158 valence electrons. The first-order valence-electron chi connectivity index (χ1n) is 9.96. The number of rotatable bonds is 8. The summed E-state index contributed by atoms with van der Waals surface area (Å²) in [5, 5.41) is 16.9. The fourth-order valence-corrected chi connectivity index (χ4v) is 3.47. The predicted molar refractivity (Wildman–Crippen MR) is 112 cm³/mol. The molecule has 0 unspecified atom stereocenters. The van der Waals surface area contributed by atoms with Gasteiger partial charge in [-0.05, 0) is 30.5 Å². The number of nitrogens with zero attached hydrogens (tertiary/aromatic N) is 3. The Bertz CT molecular complexity index is 882. The van der Waals surface area contributed by atoms with Crippen LogP contribution in [0.5, 0.6) is 0 Å². The average molecular weight is 411 g/mol. The topological polar surface area (TPSA) is 117 Å². The van der Waals surface area contributed by atoms with Crippen molar-refractivity contribution in [2.45, 2.75) is 25.8 Å². The molecule has 1 saturated heterocycles. The molecule has 2 N–H and O–H groups in total. The summed E-state index contributed by atoms with van der Waals surface area (Å²) in [5.74, 6) is -0.116. The van der Waals surface area contributed by atoms with Crippen LogP contribution >= 0.6 is 0 Å². The number of piperidine rings is 1. The third-order valence-corrected chi connectivity index (χ3v) is 5.16. The van der Waals surface area contributed by atoms with Gasteiger partial charge in [0, 0.05) is 57.0 Å². The lowest BCUT2D eigenvalue weighted by Crippen LogP contribution is -2.43. The maximum absolute atomic E-state index is 12.4. The molecule has 30 heavy (non-hydrogen) atoms. The first-order chi connectivity index (χ1) is 14.5. The van der Waals surface area contributed by atoms with Crippen molar-refractivity contribution in [1.82, 2.24) is 15.2 Å². The van der Waals surface area contributed by atoms with E-state index in [1.807, 2.05) is 12.1 Å². The van der Waals surface area contributed by atoms with E-state index in [1.165, 1.54) is 6.07 Å². The Morgan fingerprint density at radius 1 is 1.17 bits per heavy atom. The number of likely N-dealkylation sites (tertiary alicyclic amines) is 1. The second-order valence-corrected chi connectivity index (χ2v) is 7.19. The van der Waals surface area contributed by atoms with Crippen molar-refractivity contribution in [3.8, 4) is 0 Å². The molecule has 9 nitrogen and oxygen atoms in total. The highest BCUT2D eigenvalue weighted by molar-refractivity contribution is 5.80. The first-order valence-corrected chi connectivity index (χ1v) is 9.96. The lowest BCUT2D eigenvalue weighted by Gasteiger charge is -2.31. The molecule has 9 heteroatoms. The maximum Gasteiger partial charge on any atom is 0.292 e. The minimum atomic E-state index is -0.450. The molecule has 1 fully saturated rings. The van der Waals surface area contributed by atoms with Gasteiger partial charge in [-0.15, -0.1) is 0 Å². The Morgan fingerprint density at radius 2 is 1.93 bits per heavy atom. The molecule has 0 aliphatic carbocycles. The largest absolute Gasteiger partial charge is 0.379 e. The number of hydrogen-bond acceptors (Lipinski definition) is 6. The van der Waals surface area contributed by atoms with Gasteiger partial charge < -0.3 is 15.5 Å². The van der Waals surface area contributed by atoms with Gasteiger partial charge in [0.05, 0.1) is 4.92 Å². The van der Waals surface area contributed by atoms with Crippen LogP contribution in [0.2, 0.25) is 0 Å². The number of nitrogens with one attached hydrogen (secondary N) is 2. The smallest absolute Gasteiger partial charge is 0.292 e. The zero-order valence-corrected chi connectivity index (χ0v) is 16.6. The van der Waals surface area contributed by atoms with Crippen LogP contribution in [0.1, 0.15) is 24.8 Å². The molecule has 0 atom stereocenters. The molecular formula is C21H25N5O4. The molecule has 0 spiro atoms. The van der Waals surface area contributed by atoms with Gasteiger partial charge in [-0.2, -0.15) is 0 Å². The lowest BCUT2D eigenvalue weighted by atomic mass is 9.95. The molecular weight excluding hydrogens is 386 g/mol. The number of aromatic nitrogens is 1. The van der Waals surface area contributed by atoms with Gasteiger partial charge in [0.25, 0.3) is 5.69 Å². The number of para-hydroxylation sites is 2. The Kier molecular flexibility index (Phi) is 7.31. The average Bonchev–Trinajstić information content (AvgIpc) is 2.78. The van der Waals surface area contributed by atoms with Crippen molar-refractivity contribution in [2.75, 3.05) is 25.0 Å². The Labute approximate surface area is 174 Å². The number of anilines is 1. The molecule has 1 aliphatic heterocycles. The monoisotopic (exact) mass is 411 g/mol. The van der Waals surface area contributed by atoms with E-state index in [-0.39, 0.29) is 29.8 Å². The van der Waals surface area contributed by atoms with Gasteiger partial charge >= 0.3 is 0 Å². The molecule has 0 radical (unpaired) electrons. The molecule has 2 aromatic rings.